The van der Waals surface area contributed by atoms with Gasteiger partial charge >= 0.3 is 0 Å². The second kappa shape index (κ2) is 8.39. The summed E-state index contributed by atoms with van der Waals surface area (Å²) in [4.78, 5) is 24.3. The van der Waals surface area contributed by atoms with Gasteiger partial charge in [-0.05, 0) is 23.8 Å². The maximum Gasteiger partial charge on any atom is 0.251 e. The third-order valence-corrected chi connectivity index (χ3v) is 5.34. The lowest BCUT2D eigenvalue weighted by Gasteiger charge is -2.10. The van der Waals surface area contributed by atoms with E-state index in [2.05, 4.69) is 25.5 Å². The van der Waals surface area contributed by atoms with Crippen LogP contribution in [-0.4, -0.2) is 38.1 Å². The second-order valence-electron chi connectivity index (χ2n) is 7.36. The number of H-pyrrole nitrogens is 1. The molecule has 3 aromatic heterocycles. The van der Waals surface area contributed by atoms with E-state index in [1.54, 1.807) is 25.4 Å². The molecule has 1 amide bonds. The van der Waals surface area contributed by atoms with Crippen molar-refractivity contribution in [1.82, 2.24) is 30.5 Å². The number of nitrogens with zero attached hydrogens (tertiary/aromatic N) is 4. The number of rotatable bonds is 5. The first-order valence-corrected chi connectivity index (χ1v) is 10.2. The van der Waals surface area contributed by atoms with Crippen molar-refractivity contribution in [3.63, 3.8) is 0 Å². The highest BCUT2D eigenvalue weighted by molar-refractivity contribution is 5.94. The van der Waals surface area contributed by atoms with Crippen LogP contribution in [-0.2, 0) is 6.42 Å². The molecule has 5 aromatic rings. The number of amides is 1. The lowest BCUT2D eigenvalue weighted by Crippen LogP contribution is -2.17. The summed E-state index contributed by atoms with van der Waals surface area (Å²) in [5.74, 6) is 0.481. The van der Waals surface area contributed by atoms with Gasteiger partial charge in [-0.1, -0.05) is 42.5 Å². The Morgan fingerprint density at radius 1 is 0.938 bits per heavy atom. The van der Waals surface area contributed by atoms with Crippen LogP contribution in [0.4, 0.5) is 0 Å². The van der Waals surface area contributed by atoms with E-state index in [1.165, 1.54) is 0 Å². The van der Waals surface area contributed by atoms with E-state index < -0.39 is 0 Å². The maximum absolute atomic E-state index is 11.9. The molecular formula is C25H20N6O. The van der Waals surface area contributed by atoms with Gasteiger partial charge in [-0.2, -0.15) is 0 Å². The molecule has 0 unspecified atom stereocenters. The van der Waals surface area contributed by atoms with Crippen LogP contribution in [0.3, 0.4) is 0 Å². The Morgan fingerprint density at radius 3 is 2.50 bits per heavy atom. The fourth-order valence-corrected chi connectivity index (χ4v) is 3.69. The van der Waals surface area contributed by atoms with Crippen molar-refractivity contribution in [3.8, 4) is 22.5 Å². The summed E-state index contributed by atoms with van der Waals surface area (Å²) in [7, 11) is 1.62. The fourth-order valence-electron chi connectivity index (χ4n) is 3.69. The molecule has 3 heterocycles. The predicted octanol–water partition coefficient (Wildman–Crippen LogP) is 4.03. The van der Waals surface area contributed by atoms with Gasteiger partial charge in [0.2, 0.25) is 0 Å². The SMILES string of the molecule is CNC(=O)c1ccc(-c2nc(Cc3c[nH]c4ccncc34)nnc2-c2ccccc2)cc1. The molecule has 156 valence electrons. The number of pyridine rings is 1. The molecule has 0 radical (unpaired) electrons. The van der Waals surface area contributed by atoms with Crippen LogP contribution in [0.15, 0.2) is 79.3 Å². The molecule has 32 heavy (non-hydrogen) atoms. The van der Waals surface area contributed by atoms with E-state index in [-0.39, 0.29) is 5.91 Å². The summed E-state index contributed by atoms with van der Waals surface area (Å²) in [6.07, 6.45) is 6.08. The Bertz CT molecular complexity index is 1390. The quantitative estimate of drug-likeness (QED) is 0.447. The summed E-state index contributed by atoms with van der Waals surface area (Å²) in [5, 5.41) is 12.6. The smallest absolute Gasteiger partial charge is 0.251 e. The summed E-state index contributed by atoms with van der Waals surface area (Å²) < 4.78 is 0. The third-order valence-electron chi connectivity index (χ3n) is 5.34. The molecule has 0 spiro atoms. The molecule has 7 heteroatoms. The molecule has 2 aromatic carbocycles. The van der Waals surface area contributed by atoms with Crippen molar-refractivity contribution in [2.24, 2.45) is 0 Å². The zero-order valence-corrected chi connectivity index (χ0v) is 17.4. The summed E-state index contributed by atoms with van der Waals surface area (Å²) in [6.45, 7) is 0. The summed E-state index contributed by atoms with van der Waals surface area (Å²) in [5.41, 5.74) is 5.89. The molecule has 0 atom stereocenters. The highest BCUT2D eigenvalue weighted by atomic mass is 16.1. The van der Waals surface area contributed by atoms with Crippen LogP contribution >= 0.6 is 0 Å². The van der Waals surface area contributed by atoms with Gasteiger partial charge in [-0.15, -0.1) is 10.2 Å². The first-order valence-electron chi connectivity index (χ1n) is 10.2. The minimum atomic E-state index is -0.130. The monoisotopic (exact) mass is 420 g/mol. The number of aromatic nitrogens is 5. The molecule has 5 rings (SSSR count). The number of carbonyl (C=O) groups is 1. The van der Waals surface area contributed by atoms with Gasteiger partial charge in [-0.3, -0.25) is 9.78 Å². The molecule has 0 fully saturated rings. The standard InChI is InChI=1S/C25H20N6O/c1-26-25(32)18-9-7-17(8-10-18)23-24(16-5-3-2-4-6-16)31-30-22(29-23)13-19-14-28-21-11-12-27-15-20(19)21/h2-12,14-15,28H,13H2,1H3,(H,26,32). The molecule has 0 aliphatic carbocycles. The number of aromatic amines is 1. The van der Waals surface area contributed by atoms with Crippen molar-refractivity contribution < 1.29 is 4.79 Å². The Morgan fingerprint density at radius 2 is 1.72 bits per heavy atom. The summed E-state index contributed by atoms with van der Waals surface area (Å²) >= 11 is 0. The third kappa shape index (κ3) is 3.72. The minimum absolute atomic E-state index is 0.130. The van der Waals surface area contributed by atoms with Crippen molar-refractivity contribution in [2.45, 2.75) is 6.42 Å². The molecule has 0 saturated heterocycles. The topological polar surface area (TPSA) is 96.5 Å². The molecule has 0 saturated carbocycles. The van der Waals surface area contributed by atoms with Crippen LogP contribution in [0.1, 0.15) is 21.7 Å². The average Bonchev–Trinajstić information content (AvgIpc) is 3.27. The van der Waals surface area contributed by atoms with Gasteiger partial charge in [0, 0.05) is 59.7 Å². The van der Waals surface area contributed by atoms with E-state index in [1.807, 2.05) is 60.9 Å². The summed E-state index contributed by atoms with van der Waals surface area (Å²) in [6, 6.07) is 19.1. The molecule has 0 aliphatic rings. The molecule has 2 N–H and O–H groups in total. The van der Waals surface area contributed by atoms with Crippen LogP contribution < -0.4 is 5.32 Å². The highest BCUT2D eigenvalue weighted by Crippen LogP contribution is 2.29. The van der Waals surface area contributed by atoms with E-state index in [9.17, 15) is 4.79 Å². The minimum Gasteiger partial charge on any atom is -0.361 e. The van der Waals surface area contributed by atoms with Gasteiger partial charge in [0.05, 0.1) is 0 Å². The van der Waals surface area contributed by atoms with Crippen LogP contribution in [0.5, 0.6) is 0 Å². The Labute approximate surface area is 184 Å². The number of hydrogen-bond acceptors (Lipinski definition) is 5. The number of fused-ring (bicyclic) bond motifs is 1. The van der Waals surface area contributed by atoms with Crippen LogP contribution in [0, 0.1) is 0 Å². The van der Waals surface area contributed by atoms with Gasteiger partial charge in [0.15, 0.2) is 5.82 Å². The predicted molar refractivity (Wildman–Crippen MR) is 123 cm³/mol. The van der Waals surface area contributed by atoms with E-state index in [0.29, 0.717) is 23.5 Å². The van der Waals surface area contributed by atoms with Crippen molar-refractivity contribution in [2.75, 3.05) is 7.05 Å². The van der Waals surface area contributed by atoms with Crippen molar-refractivity contribution in [3.05, 3.63) is 96.2 Å². The van der Waals surface area contributed by atoms with Crippen LogP contribution in [0.2, 0.25) is 0 Å². The Hall–Kier alpha value is -4.39. The zero-order valence-electron chi connectivity index (χ0n) is 17.4. The van der Waals surface area contributed by atoms with Gasteiger partial charge < -0.3 is 10.3 Å². The van der Waals surface area contributed by atoms with E-state index >= 15 is 0 Å². The molecule has 7 nitrogen and oxygen atoms in total. The fraction of sp³-hybridized carbons (Fsp3) is 0.0800. The zero-order chi connectivity index (χ0) is 21.9. The number of hydrogen-bond donors (Lipinski definition) is 2. The molecular weight excluding hydrogens is 400 g/mol. The Kier molecular flexibility index (Phi) is 5.13. The number of benzene rings is 2. The maximum atomic E-state index is 11.9. The first kappa shape index (κ1) is 19.6. The van der Waals surface area contributed by atoms with Crippen molar-refractivity contribution >= 4 is 16.8 Å². The second-order valence-corrected chi connectivity index (χ2v) is 7.36. The normalized spacial score (nSPS) is 10.9. The lowest BCUT2D eigenvalue weighted by atomic mass is 10.0. The van der Waals surface area contributed by atoms with Crippen molar-refractivity contribution in [1.29, 1.82) is 0 Å². The lowest BCUT2D eigenvalue weighted by molar-refractivity contribution is 0.0963. The average molecular weight is 420 g/mol. The molecule has 0 bridgehead atoms. The largest absolute Gasteiger partial charge is 0.361 e. The van der Waals surface area contributed by atoms with Gasteiger partial charge in [-0.25, -0.2) is 4.98 Å². The Balaban J connectivity index is 1.58. The molecule has 0 aliphatic heterocycles. The first-order chi connectivity index (χ1) is 15.7. The van der Waals surface area contributed by atoms with E-state index in [4.69, 9.17) is 4.98 Å². The van der Waals surface area contributed by atoms with Gasteiger partial charge in [0.1, 0.15) is 11.4 Å². The van der Waals surface area contributed by atoms with Crippen LogP contribution in [0.25, 0.3) is 33.4 Å². The van der Waals surface area contributed by atoms with Gasteiger partial charge in [0.25, 0.3) is 5.91 Å². The number of carbonyl (C=O) groups excluding carboxylic acids is 1. The number of nitrogens with one attached hydrogen (secondary N) is 2. The van der Waals surface area contributed by atoms with E-state index in [0.717, 1.165) is 33.3 Å². The highest BCUT2D eigenvalue weighted by Gasteiger charge is 2.15.